The quantitative estimate of drug-likeness (QED) is 0.565. The third kappa shape index (κ3) is 1.88. The Bertz CT molecular complexity index is 132. The molecule has 0 bridgehead atoms. The topological polar surface area (TPSA) is 52.6 Å². The van der Waals surface area contributed by atoms with Crippen LogP contribution in [0, 0.1) is 5.92 Å². The fourth-order valence-electron chi connectivity index (χ4n) is 1.19. The first-order valence-corrected chi connectivity index (χ1v) is 3.34. The first-order valence-electron chi connectivity index (χ1n) is 3.34. The van der Waals surface area contributed by atoms with Crippen molar-refractivity contribution in [2.24, 2.45) is 5.92 Å². The molecule has 0 radical (unpaired) electrons. The van der Waals surface area contributed by atoms with Crippen LogP contribution in [0.25, 0.3) is 0 Å². The van der Waals surface area contributed by atoms with Gasteiger partial charge in [0.25, 0.3) is 0 Å². The maximum Gasteiger partial charge on any atom is 0.404 e. The van der Waals surface area contributed by atoms with Gasteiger partial charge in [-0.1, -0.05) is 0 Å². The molecule has 0 aliphatic carbocycles. The molecule has 1 fully saturated rings. The van der Waals surface area contributed by atoms with Crippen molar-refractivity contribution in [3.8, 4) is 0 Å². The van der Waals surface area contributed by atoms with E-state index in [4.69, 9.17) is 5.11 Å². The van der Waals surface area contributed by atoms with Crippen molar-refractivity contribution in [1.82, 2.24) is 10.2 Å². The number of carbonyl (C=O) groups is 1. The summed E-state index contributed by atoms with van der Waals surface area (Å²) in [5.41, 5.74) is 0. The maximum absolute atomic E-state index is 10.0. The molecule has 0 saturated carbocycles. The number of hydrogen-bond acceptors (Lipinski definition) is 2. The van der Waals surface area contributed by atoms with Crippen LogP contribution >= 0.6 is 0 Å². The number of rotatable bonds is 2. The first kappa shape index (κ1) is 7.34. The third-order valence-corrected chi connectivity index (χ3v) is 1.68. The van der Waals surface area contributed by atoms with Gasteiger partial charge in [-0.05, 0) is 7.05 Å². The van der Waals surface area contributed by atoms with Crippen molar-refractivity contribution in [1.29, 1.82) is 0 Å². The van der Waals surface area contributed by atoms with Crippen LogP contribution < -0.4 is 5.32 Å². The summed E-state index contributed by atoms with van der Waals surface area (Å²) in [7, 11) is 2.03. The molecular weight excluding hydrogens is 132 g/mol. The van der Waals surface area contributed by atoms with Crippen LogP contribution in [0.3, 0.4) is 0 Å². The Morgan fingerprint density at radius 2 is 2.40 bits per heavy atom. The van der Waals surface area contributed by atoms with Crippen molar-refractivity contribution in [3.63, 3.8) is 0 Å². The van der Waals surface area contributed by atoms with Gasteiger partial charge in [-0.3, -0.25) is 0 Å². The van der Waals surface area contributed by atoms with Crippen LogP contribution in [0.1, 0.15) is 0 Å². The first-order chi connectivity index (χ1) is 4.68. The Labute approximate surface area is 59.8 Å². The molecule has 2 N–H and O–H groups in total. The van der Waals surface area contributed by atoms with Gasteiger partial charge in [0, 0.05) is 25.6 Å². The molecule has 1 saturated heterocycles. The lowest BCUT2D eigenvalue weighted by molar-refractivity contribution is 0.129. The summed E-state index contributed by atoms with van der Waals surface area (Å²) in [6, 6.07) is 0. The number of amides is 1. The smallest absolute Gasteiger partial charge is 0.404 e. The molecule has 10 heavy (non-hydrogen) atoms. The second-order valence-corrected chi connectivity index (χ2v) is 2.77. The number of likely N-dealkylation sites (tertiary alicyclic amines) is 1. The molecule has 1 amide bonds. The average molecular weight is 144 g/mol. The molecule has 4 heteroatoms. The summed E-state index contributed by atoms with van der Waals surface area (Å²) in [4.78, 5) is 12.2. The van der Waals surface area contributed by atoms with Crippen LogP contribution in [0.2, 0.25) is 0 Å². The molecule has 1 aliphatic heterocycles. The fraction of sp³-hybridized carbons (Fsp3) is 0.833. The molecule has 0 aromatic carbocycles. The lowest BCUT2D eigenvalue weighted by Crippen LogP contribution is -2.48. The zero-order chi connectivity index (χ0) is 7.56. The van der Waals surface area contributed by atoms with E-state index in [1.807, 2.05) is 7.05 Å². The monoisotopic (exact) mass is 144 g/mol. The van der Waals surface area contributed by atoms with Gasteiger partial charge >= 0.3 is 6.09 Å². The largest absolute Gasteiger partial charge is 0.465 e. The molecule has 0 aromatic heterocycles. The van der Waals surface area contributed by atoms with Crippen molar-refractivity contribution < 1.29 is 9.90 Å². The molecule has 58 valence electrons. The highest BCUT2D eigenvalue weighted by Gasteiger charge is 2.22. The third-order valence-electron chi connectivity index (χ3n) is 1.68. The van der Waals surface area contributed by atoms with E-state index in [2.05, 4.69) is 10.2 Å². The van der Waals surface area contributed by atoms with Crippen LogP contribution in [0.15, 0.2) is 0 Å². The minimum absolute atomic E-state index is 0.529. The van der Waals surface area contributed by atoms with Crippen LogP contribution in [0.4, 0.5) is 4.79 Å². The van der Waals surface area contributed by atoms with E-state index in [9.17, 15) is 4.79 Å². The number of nitrogens with one attached hydrogen (secondary N) is 1. The van der Waals surface area contributed by atoms with E-state index >= 15 is 0 Å². The van der Waals surface area contributed by atoms with E-state index in [1.165, 1.54) is 0 Å². The number of hydrogen-bond donors (Lipinski definition) is 2. The Morgan fingerprint density at radius 1 is 1.80 bits per heavy atom. The summed E-state index contributed by atoms with van der Waals surface area (Å²) >= 11 is 0. The molecule has 0 aromatic rings. The number of nitrogens with zero attached hydrogens (tertiary/aromatic N) is 1. The van der Waals surface area contributed by atoms with E-state index in [0.29, 0.717) is 12.5 Å². The highest BCUT2D eigenvalue weighted by molar-refractivity contribution is 5.64. The van der Waals surface area contributed by atoms with E-state index in [0.717, 1.165) is 13.1 Å². The predicted molar refractivity (Wildman–Crippen MR) is 37.0 cm³/mol. The van der Waals surface area contributed by atoms with E-state index < -0.39 is 6.09 Å². The van der Waals surface area contributed by atoms with Gasteiger partial charge in [-0.15, -0.1) is 0 Å². The van der Waals surface area contributed by atoms with Crippen molar-refractivity contribution in [2.75, 3.05) is 26.7 Å². The predicted octanol–water partition coefficient (Wildman–Crippen LogP) is -0.184. The zero-order valence-corrected chi connectivity index (χ0v) is 6.00. The summed E-state index contributed by atoms with van der Waals surface area (Å²) in [5, 5.41) is 10.6. The number of carboxylic acid groups (broad SMARTS) is 1. The Hall–Kier alpha value is -0.770. The second-order valence-electron chi connectivity index (χ2n) is 2.77. The van der Waals surface area contributed by atoms with Crippen molar-refractivity contribution in [2.45, 2.75) is 0 Å². The summed E-state index contributed by atoms with van der Waals surface area (Å²) in [6.45, 7) is 2.63. The normalized spacial score (nSPS) is 20.1. The Morgan fingerprint density at radius 3 is 2.80 bits per heavy atom. The highest BCUT2D eigenvalue weighted by Crippen LogP contribution is 2.10. The van der Waals surface area contributed by atoms with Gasteiger partial charge in [-0.2, -0.15) is 0 Å². The summed E-state index contributed by atoms with van der Waals surface area (Å²) < 4.78 is 0. The minimum atomic E-state index is -0.922. The summed E-state index contributed by atoms with van der Waals surface area (Å²) in [5.74, 6) is 0.529. The molecular formula is C6H12N2O2. The molecule has 0 spiro atoms. The van der Waals surface area contributed by atoms with Gasteiger partial charge in [0.15, 0.2) is 0 Å². The van der Waals surface area contributed by atoms with Gasteiger partial charge < -0.3 is 15.3 Å². The zero-order valence-electron chi connectivity index (χ0n) is 6.00. The SMILES string of the molecule is CN1CC(CNC(=O)O)C1. The van der Waals surface area contributed by atoms with E-state index in [1.54, 1.807) is 0 Å². The van der Waals surface area contributed by atoms with Crippen molar-refractivity contribution in [3.05, 3.63) is 0 Å². The second kappa shape index (κ2) is 2.88. The summed E-state index contributed by atoms with van der Waals surface area (Å²) in [6.07, 6.45) is -0.922. The molecule has 0 unspecified atom stereocenters. The lowest BCUT2D eigenvalue weighted by Gasteiger charge is -2.35. The maximum atomic E-state index is 10.0. The van der Waals surface area contributed by atoms with Gasteiger partial charge in [0.05, 0.1) is 0 Å². The van der Waals surface area contributed by atoms with Crippen molar-refractivity contribution >= 4 is 6.09 Å². The Balaban J connectivity index is 2.00. The van der Waals surface area contributed by atoms with Gasteiger partial charge in [0.1, 0.15) is 0 Å². The highest BCUT2D eigenvalue weighted by atomic mass is 16.4. The van der Waals surface area contributed by atoms with Gasteiger partial charge in [-0.25, -0.2) is 4.79 Å². The standard InChI is InChI=1S/C6H12N2O2/c1-8-3-5(4-8)2-7-6(9)10/h5,7H,2-4H2,1H3,(H,9,10). The lowest BCUT2D eigenvalue weighted by atomic mass is 10.0. The molecule has 1 heterocycles. The molecule has 1 aliphatic rings. The molecule has 0 atom stereocenters. The van der Waals surface area contributed by atoms with Crippen LogP contribution in [-0.4, -0.2) is 42.8 Å². The average Bonchev–Trinajstić information content (AvgIpc) is 1.77. The minimum Gasteiger partial charge on any atom is -0.465 e. The van der Waals surface area contributed by atoms with Crippen LogP contribution in [0.5, 0.6) is 0 Å². The van der Waals surface area contributed by atoms with E-state index in [-0.39, 0.29) is 0 Å². The molecule has 1 rings (SSSR count). The fourth-order valence-corrected chi connectivity index (χ4v) is 1.19. The van der Waals surface area contributed by atoms with Gasteiger partial charge in [0.2, 0.25) is 0 Å². The molecule has 4 nitrogen and oxygen atoms in total. The van der Waals surface area contributed by atoms with Crippen LogP contribution in [-0.2, 0) is 0 Å². The Kier molecular flexibility index (Phi) is 2.11.